The summed E-state index contributed by atoms with van der Waals surface area (Å²) in [5.41, 5.74) is 3.37. The highest BCUT2D eigenvalue weighted by atomic mass is 16.5. The topological polar surface area (TPSA) is 63.2 Å². The van der Waals surface area contributed by atoms with Gasteiger partial charge in [0.1, 0.15) is 17.9 Å². The highest BCUT2D eigenvalue weighted by molar-refractivity contribution is 5.79. The fourth-order valence-electron chi connectivity index (χ4n) is 2.50. The Bertz CT molecular complexity index is 840. The molecule has 0 N–H and O–H groups in total. The first-order chi connectivity index (χ1) is 11.2. The van der Waals surface area contributed by atoms with Crippen LogP contribution in [0.4, 0.5) is 0 Å². The van der Waals surface area contributed by atoms with Crippen molar-refractivity contribution in [3.05, 3.63) is 59.9 Å². The predicted octanol–water partition coefficient (Wildman–Crippen LogP) is 4.03. The van der Waals surface area contributed by atoms with Crippen LogP contribution < -0.4 is 0 Å². The van der Waals surface area contributed by atoms with Crippen molar-refractivity contribution in [2.75, 3.05) is 6.61 Å². The molecule has 4 nitrogen and oxygen atoms in total. The van der Waals surface area contributed by atoms with Crippen LogP contribution in [0, 0.1) is 11.3 Å². The van der Waals surface area contributed by atoms with Gasteiger partial charge in [0.05, 0.1) is 18.2 Å². The van der Waals surface area contributed by atoms with E-state index in [1.807, 2.05) is 36.4 Å². The lowest BCUT2D eigenvalue weighted by Gasteiger charge is -2.11. The van der Waals surface area contributed by atoms with Crippen molar-refractivity contribution in [3.63, 3.8) is 0 Å². The summed E-state index contributed by atoms with van der Waals surface area (Å²) in [6.07, 6.45) is 0.0957. The van der Waals surface area contributed by atoms with E-state index in [-0.39, 0.29) is 12.4 Å². The standard InChI is InChI=1S/C19H15NO3/c1-2-22-19(21)11-18-16-5-3-4-15(16)10-17(23-18)14-8-6-13(12-20)7-9-14/h3-10H,2,11H2,1H3. The number of nitriles is 1. The molecule has 0 radical (unpaired) electrons. The van der Waals surface area contributed by atoms with Gasteiger partial charge in [0, 0.05) is 11.1 Å². The Morgan fingerprint density at radius 3 is 2.65 bits per heavy atom. The van der Waals surface area contributed by atoms with Crippen LogP contribution in [0.15, 0.2) is 52.9 Å². The van der Waals surface area contributed by atoms with Crippen molar-refractivity contribution in [2.45, 2.75) is 13.3 Å². The SMILES string of the molecule is CCOC(=O)Cc1oc(-c2ccc(C#N)cc2)cc2cccc1-2. The second-order valence-electron chi connectivity index (χ2n) is 5.10. The van der Waals surface area contributed by atoms with Crippen molar-refractivity contribution >= 4 is 5.97 Å². The van der Waals surface area contributed by atoms with Crippen LogP contribution in [0.5, 0.6) is 0 Å². The first-order valence-corrected chi connectivity index (χ1v) is 7.39. The van der Waals surface area contributed by atoms with Crippen molar-refractivity contribution in [3.8, 4) is 28.5 Å². The summed E-state index contributed by atoms with van der Waals surface area (Å²) in [4.78, 5) is 11.8. The van der Waals surface area contributed by atoms with Gasteiger partial charge in [-0.2, -0.15) is 5.26 Å². The number of benzene rings is 1. The van der Waals surface area contributed by atoms with E-state index in [0.29, 0.717) is 23.7 Å². The van der Waals surface area contributed by atoms with Gasteiger partial charge >= 0.3 is 5.97 Å². The lowest BCUT2D eigenvalue weighted by Crippen LogP contribution is -2.08. The third-order valence-electron chi connectivity index (χ3n) is 3.58. The minimum Gasteiger partial charge on any atom is -0.466 e. The normalized spacial score (nSPS) is 10.4. The van der Waals surface area contributed by atoms with Crippen LogP contribution in [0.2, 0.25) is 0 Å². The van der Waals surface area contributed by atoms with E-state index in [0.717, 1.165) is 16.7 Å². The summed E-state index contributed by atoms with van der Waals surface area (Å²) in [7, 11) is 0. The molecule has 3 rings (SSSR count). The molecule has 2 aliphatic rings. The Hall–Kier alpha value is -3.06. The first-order valence-electron chi connectivity index (χ1n) is 7.39. The largest absolute Gasteiger partial charge is 0.466 e. The van der Waals surface area contributed by atoms with Gasteiger partial charge in [0.15, 0.2) is 0 Å². The average molecular weight is 305 g/mol. The molecule has 0 bridgehead atoms. The molecule has 0 unspecified atom stereocenters. The van der Waals surface area contributed by atoms with Crippen molar-refractivity contribution in [1.82, 2.24) is 0 Å². The van der Waals surface area contributed by atoms with E-state index < -0.39 is 0 Å². The van der Waals surface area contributed by atoms with Crippen LogP contribution in [0.25, 0.3) is 22.5 Å². The van der Waals surface area contributed by atoms with E-state index in [9.17, 15) is 4.79 Å². The quantitative estimate of drug-likeness (QED) is 0.683. The minimum atomic E-state index is -0.310. The molecule has 4 heteroatoms. The Kier molecular flexibility index (Phi) is 4.11. The minimum absolute atomic E-state index is 0.0957. The fourth-order valence-corrected chi connectivity index (χ4v) is 2.50. The van der Waals surface area contributed by atoms with E-state index >= 15 is 0 Å². The molecule has 1 aliphatic heterocycles. The number of carbonyl (C=O) groups is 1. The van der Waals surface area contributed by atoms with Crippen molar-refractivity contribution in [2.24, 2.45) is 0 Å². The van der Waals surface area contributed by atoms with Gasteiger partial charge in [0.25, 0.3) is 0 Å². The number of esters is 1. The maximum atomic E-state index is 11.8. The number of hydrogen-bond acceptors (Lipinski definition) is 4. The van der Waals surface area contributed by atoms with Crippen molar-refractivity contribution in [1.29, 1.82) is 5.26 Å². The Morgan fingerprint density at radius 2 is 1.96 bits per heavy atom. The third-order valence-corrected chi connectivity index (χ3v) is 3.58. The third kappa shape index (κ3) is 3.09. The van der Waals surface area contributed by atoms with E-state index in [1.165, 1.54) is 0 Å². The maximum Gasteiger partial charge on any atom is 0.313 e. The molecule has 0 saturated carbocycles. The van der Waals surface area contributed by atoms with Crippen LogP contribution in [0.3, 0.4) is 0 Å². The molecule has 0 amide bonds. The summed E-state index contributed by atoms with van der Waals surface area (Å²) < 4.78 is 11.0. The van der Waals surface area contributed by atoms with Gasteiger partial charge in [-0.3, -0.25) is 4.79 Å². The maximum absolute atomic E-state index is 11.8. The van der Waals surface area contributed by atoms with Crippen LogP contribution in [0.1, 0.15) is 18.2 Å². The molecule has 1 aromatic rings. The number of nitrogens with zero attached hydrogens (tertiary/aromatic N) is 1. The molecule has 0 saturated heterocycles. The molecule has 1 heterocycles. The predicted molar refractivity (Wildman–Crippen MR) is 85.8 cm³/mol. The van der Waals surface area contributed by atoms with Gasteiger partial charge in [-0.25, -0.2) is 0 Å². The van der Waals surface area contributed by atoms with E-state index in [4.69, 9.17) is 14.4 Å². The summed E-state index contributed by atoms with van der Waals surface area (Å²) in [5, 5.41) is 8.88. The van der Waals surface area contributed by atoms with E-state index in [1.54, 1.807) is 19.1 Å². The molecule has 0 fully saturated rings. The average Bonchev–Trinajstić information content (AvgIpc) is 3.04. The zero-order chi connectivity index (χ0) is 16.2. The Labute approximate surface area is 134 Å². The molecule has 114 valence electrons. The zero-order valence-corrected chi connectivity index (χ0v) is 12.7. The van der Waals surface area contributed by atoms with Gasteiger partial charge in [-0.1, -0.05) is 18.2 Å². The molecule has 1 aromatic carbocycles. The van der Waals surface area contributed by atoms with Crippen molar-refractivity contribution < 1.29 is 13.9 Å². The molecule has 23 heavy (non-hydrogen) atoms. The van der Waals surface area contributed by atoms with Crippen LogP contribution >= 0.6 is 0 Å². The molecule has 0 aromatic heterocycles. The van der Waals surface area contributed by atoms with Gasteiger partial charge in [0.2, 0.25) is 0 Å². The molecular weight excluding hydrogens is 290 g/mol. The molecule has 0 atom stereocenters. The first kappa shape index (κ1) is 14.9. The lowest BCUT2D eigenvalue weighted by molar-refractivity contribution is -0.142. The number of ether oxygens (including phenoxy) is 1. The second-order valence-corrected chi connectivity index (χ2v) is 5.10. The number of rotatable bonds is 4. The smallest absolute Gasteiger partial charge is 0.313 e. The molecule has 1 aliphatic carbocycles. The summed E-state index contributed by atoms with van der Waals surface area (Å²) in [6.45, 7) is 2.12. The van der Waals surface area contributed by atoms with E-state index in [2.05, 4.69) is 6.07 Å². The fraction of sp³-hybridized carbons (Fsp3) is 0.158. The van der Waals surface area contributed by atoms with Gasteiger partial charge in [-0.15, -0.1) is 0 Å². The van der Waals surface area contributed by atoms with Gasteiger partial charge in [-0.05, 0) is 42.8 Å². The van der Waals surface area contributed by atoms with Crippen LogP contribution in [-0.2, 0) is 16.0 Å². The summed E-state index contributed by atoms with van der Waals surface area (Å²) in [5.74, 6) is 0.938. The molecular formula is C19H15NO3. The summed E-state index contributed by atoms with van der Waals surface area (Å²) >= 11 is 0. The monoisotopic (exact) mass is 305 g/mol. The Morgan fingerprint density at radius 1 is 1.17 bits per heavy atom. The zero-order valence-electron chi connectivity index (χ0n) is 12.7. The van der Waals surface area contributed by atoms with Gasteiger partial charge < -0.3 is 9.15 Å². The van der Waals surface area contributed by atoms with Crippen LogP contribution in [-0.4, -0.2) is 12.6 Å². The second kappa shape index (κ2) is 6.37. The lowest BCUT2D eigenvalue weighted by atomic mass is 10.0. The number of fused-ring (bicyclic) bond motifs is 1. The molecule has 0 spiro atoms. The Balaban J connectivity index is 2.02. The highest BCUT2D eigenvalue weighted by Gasteiger charge is 2.17. The number of carbonyl (C=O) groups excluding carboxylic acids is 1. The highest BCUT2D eigenvalue weighted by Crippen LogP contribution is 2.33. The summed E-state index contributed by atoms with van der Waals surface area (Å²) in [6, 6.07) is 17.0. The number of hydrogen-bond donors (Lipinski definition) is 0.